The lowest BCUT2D eigenvalue weighted by Gasteiger charge is -2.25. The molecule has 1 N–H and O–H groups in total. The molecule has 19 heavy (non-hydrogen) atoms. The number of halogens is 3. The first-order valence-electron chi connectivity index (χ1n) is 5.01. The zero-order valence-corrected chi connectivity index (χ0v) is 11.8. The summed E-state index contributed by atoms with van der Waals surface area (Å²) in [5, 5.41) is 13.6. The van der Waals surface area contributed by atoms with Crippen molar-refractivity contribution in [2.24, 2.45) is 0 Å². The topological polar surface area (TPSA) is 64.4 Å². The molecule has 0 saturated heterocycles. The zero-order chi connectivity index (χ0) is 14.2. The summed E-state index contributed by atoms with van der Waals surface area (Å²) in [4.78, 5) is 10.4. The average molecular weight is 322 g/mol. The molecule has 0 aromatic heterocycles. The molecule has 8 heteroatoms. The molecule has 0 aliphatic carbocycles. The van der Waals surface area contributed by atoms with Crippen LogP contribution in [-0.4, -0.2) is 12.0 Å². The summed E-state index contributed by atoms with van der Waals surface area (Å²) in [6, 6.07) is 5.15. The van der Waals surface area contributed by atoms with Crippen molar-refractivity contribution < 1.29 is 9.66 Å². The van der Waals surface area contributed by atoms with Crippen LogP contribution in [0.1, 0.15) is 5.56 Å². The van der Waals surface area contributed by atoms with Crippen LogP contribution in [0.3, 0.4) is 0 Å². The van der Waals surface area contributed by atoms with Gasteiger partial charge in [0, 0.05) is 11.3 Å². The van der Waals surface area contributed by atoms with Gasteiger partial charge in [-0.15, -0.1) is 0 Å². The van der Waals surface area contributed by atoms with Crippen LogP contribution in [0.25, 0.3) is 5.70 Å². The largest absolute Gasteiger partial charge is 0.497 e. The van der Waals surface area contributed by atoms with Crippen molar-refractivity contribution in [1.29, 1.82) is 0 Å². The summed E-state index contributed by atoms with van der Waals surface area (Å²) in [6.07, 6.45) is 0. The molecule has 1 aromatic rings. The van der Waals surface area contributed by atoms with E-state index >= 15 is 0 Å². The number of nitrogens with zero attached hydrogens (tertiary/aromatic N) is 1. The lowest BCUT2D eigenvalue weighted by molar-refractivity contribution is -0.418. The van der Waals surface area contributed by atoms with Crippen LogP contribution in [-0.2, 0) is 0 Å². The Bertz CT molecular complexity index is 622. The number of hydrogen-bond donors (Lipinski definition) is 1. The van der Waals surface area contributed by atoms with Gasteiger partial charge in [0.1, 0.15) is 15.9 Å². The van der Waals surface area contributed by atoms with Gasteiger partial charge in [0.25, 0.3) is 0 Å². The molecule has 1 aliphatic rings. The Morgan fingerprint density at radius 2 is 2.05 bits per heavy atom. The van der Waals surface area contributed by atoms with Crippen LogP contribution in [0.2, 0.25) is 0 Å². The second-order valence-electron chi connectivity index (χ2n) is 3.59. The molecule has 2 rings (SSSR count). The fraction of sp³-hybridized carbons (Fsp3) is 0.0909. The van der Waals surface area contributed by atoms with Gasteiger partial charge in [-0.05, 0) is 18.2 Å². The van der Waals surface area contributed by atoms with Crippen LogP contribution in [0.15, 0.2) is 33.4 Å². The Labute approximate surface area is 123 Å². The third-order valence-corrected chi connectivity index (χ3v) is 3.49. The molecule has 1 aliphatic heterocycles. The highest BCUT2D eigenvalue weighted by atomic mass is 35.5. The number of fused-ring (bicyclic) bond motifs is 1. The molecule has 0 fully saturated rings. The molecule has 0 saturated carbocycles. The van der Waals surface area contributed by atoms with E-state index < -0.39 is 4.92 Å². The van der Waals surface area contributed by atoms with Gasteiger partial charge in [-0.2, -0.15) is 0 Å². The van der Waals surface area contributed by atoms with Gasteiger partial charge in [0.15, 0.2) is 5.03 Å². The number of nitro groups is 1. The van der Waals surface area contributed by atoms with E-state index in [4.69, 9.17) is 39.5 Å². The normalized spacial score (nSPS) is 14.7. The van der Waals surface area contributed by atoms with Crippen molar-refractivity contribution in [1.82, 2.24) is 0 Å². The lowest BCUT2D eigenvalue weighted by Crippen LogP contribution is -2.18. The molecule has 100 valence electrons. The fourth-order valence-corrected chi connectivity index (χ4v) is 2.01. The van der Waals surface area contributed by atoms with E-state index in [0.717, 1.165) is 5.69 Å². The minimum atomic E-state index is -0.641. The van der Waals surface area contributed by atoms with Crippen molar-refractivity contribution in [3.63, 3.8) is 0 Å². The number of rotatable bonds is 3. The lowest BCUT2D eigenvalue weighted by atomic mass is 9.99. The first-order valence-corrected chi connectivity index (χ1v) is 6.14. The zero-order valence-electron chi connectivity index (χ0n) is 9.54. The predicted octanol–water partition coefficient (Wildman–Crippen LogP) is 3.95. The van der Waals surface area contributed by atoms with Crippen LogP contribution in [0, 0.1) is 10.1 Å². The third kappa shape index (κ3) is 2.49. The second-order valence-corrected chi connectivity index (χ2v) is 4.92. The highest BCUT2D eigenvalue weighted by molar-refractivity contribution is 6.60. The molecular weight excluding hydrogens is 314 g/mol. The Balaban J connectivity index is 2.59. The summed E-state index contributed by atoms with van der Waals surface area (Å²) in [5.74, 6) is 0.581. The smallest absolute Gasteiger partial charge is 0.314 e. The molecule has 0 amide bonds. The maximum absolute atomic E-state index is 11.1. The number of benzene rings is 1. The van der Waals surface area contributed by atoms with Gasteiger partial charge in [-0.1, -0.05) is 34.8 Å². The second kappa shape index (κ2) is 5.28. The van der Waals surface area contributed by atoms with E-state index in [1.807, 2.05) is 0 Å². The maximum Gasteiger partial charge on any atom is 0.314 e. The number of hydrogen-bond acceptors (Lipinski definition) is 4. The Kier molecular flexibility index (Phi) is 3.89. The summed E-state index contributed by atoms with van der Waals surface area (Å²) >= 11 is 16.8. The van der Waals surface area contributed by atoms with Crippen molar-refractivity contribution in [3.8, 4) is 5.75 Å². The van der Waals surface area contributed by atoms with Crippen molar-refractivity contribution in [2.45, 2.75) is 0 Å². The molecule has 0 bridgehead atoms. The number of allylic oxidation sites excluding steroid dienone is 1. The Hall–Kier alpha value is -1.43. The predicted molar refractivity (Wildman–Crippen MR) is 75.1 cm³/mol. The first kappa shape index (κ1) is 14.0. The summed E-state index contributed by atoms with van der Waals surface area (Å²) in [6.45, 7) is 0. The minimum Gasteiger partial charge on any atom is -0.497 e. The third-order valence-electron chi connectivity index (χ3n) is 2.55. The van der Waals surface area contributed by atoms with Gasteiger partial charge in [-0.3, -0.25) is 10.1 Å². The highest BCUT2D eigenvalue weighted by Gasteiger charge is 2.33. The molecular formula is C11H7Cl3N2O3. The minimum absolute atomic E-state index is 0.253. The molecule has 1 heterocycles. The summed E-state index contributed by atoms with van der Waals surface area (Å²) < 4.78 is 4.70. The van der Waals surface area contributed by atoms with Gasteiger partial charge >= 0.3 is 5.70 Å². The van der Waals surface area contributed by atoms with Crippen LogP contribution in [0.4, 0.5) is 5.69 Å². The van der Waals surface area contributed by atoms with Crippen LogP contribution < -0.4 is 10.1 Å². The van der Waals surface area contributed by atoms with E-state index in [0.29, 0.717) is 11.3 Å². The number of nitrogens with one attached hydrogen (secondary N) is 1. The van der Waals surface area contributed by atoms with Crippen molar-refractivity contribution in [2.75, 3.05) is 12.4 Å². The Morgan fingerprint density at radius 3 is 2.58 bits per heavy atom. The van der Waals surface area contributed by atoms with E-state index in [-0.39, 0.29) is 20.9 Å². The molecule has 0 unspecified atom stereocenters. The van der Waals surface area contributed by atoms with Gasteiger partial charge in [0.05, 0.1) is 12.0 Å². The number of ether oxygens (including phenoxy) is 1. The first-order chi connectivity index (χ1) is 8.95. The quantitative estimate of drug-likeness (QED) is 0.676. The fourth-order valence-electron chi connectivity index (χ4n) is 1.66. The number of anilines is 1. The standard InChI is InChI=1S/C11H7Cl3N2O3/c1-19-5-2-3-7-6(4-5)9(15-7)10(16(17)18)8(12)11(13)14/h2-4,15H,1H3/b10-9+. The van der Waals surface area contributed by atoms with Crippen LogP contribution >= 0.6 is 34.8 Å². The van der Waals surface area contributed by atoms with E-state index in [9.17, 15) is 10.1 Å². The number of methoxy groups -OCH3 is 1. The van der Waals surface area contributed by atoms with Gasteiger partial charge < -0.3 is 10.1 Å². The summed E-state index contributed by atoms with van der Waals surface area (Å²) in [5.41, 5.74) is 1.24. The Morgan fingerprint density at radius 1 is 1.37 bits per heavy atom. The molecule has 1 aromatic carbocycles. The van der Waals surface area contributed by atoms with Crippen molar-refractivity contribution in [3.05, 3.63) is 49.1 Å². The average Bonchev–Trinajstić information content (AvgIpc) is 2.34. The van der Waals surface area contributed by atoms with Crippen LogP contribution in [0.5, 0.6) is 5.75 Å². The molecule has 0 atom stereocenters. The monoisotopic (exact) mass is 320 g/mol. The molecule has 0 radical (unpaired) electrons. The molecule has 0 spiro atoms. The van der Waals surface area contributed by atoms with Gasteiger partial charge in [-0.25, -0.2) is 0 Å². The van der Waals surface area contributed by atoms with E-state index in [2.05, 4.69) is 5.32 Å². The van der Waals surface area contributed by atoms with Gasteiger partial charge in [0.2, 0.25) is 0 Å². The SMILES string of the molecule is COc1ccc2c(c1)/C(=C(/C(Cl)=C(Cl)Cl)[N+](=O)[O-])N2. The highest BCUT2D eigenvalue weighted by Crippen LogP contribution is 2.42. The van der Waals surface area contributed by atoms with E-state index in [1.54, 1.807) is 18.2 Å². The summed E-state index contributed by atoms with van der Waals surface area (Å²) in [7, 11) is 1.51. The molecule has 5 nitrogen and oxygen atoms in total. The van der Waals surface area contributed by atoms with E-state index in [1.165, 1.54) is 7.11 Å². The van der Waals surface area contributed by atoms with Crippen molar-refractivity contribution >= 4 is 46.2 Å². The maximum atomic E-state index is 11.1.